The smallest absolute Gasteiger partial charge is 0.280 e. The van der Waals surface area contributed by atoms with Crippen LogP contribution in [0, 0.1) is 17.9 Å². The minimum atomic E-state index is 0.0919. The first-order chi connectivity index (χ1) is 6.66. The van der Waals surface area contributed by atoms with Crippen molar-refractivity contribution in [1.29, 1.82) is 0 Å². The molecule has 0 aliphatic carbocycles. The summed E-state index contributed by atoms with van der Waals surface area (Å²) in [7, 11) is 0. The molecule has 0 amide bonds. The van der Waals surface area contributed by atoms with Gasteiger partial charge >= 0.3 is 0 Å². The van der Waals surface area contributed by atoms with Gasteiger partial charge in [0.1, 0.15) is 0 Å². The molecule has 2 unspecified atom stereocenters. The molecule has 1 rings (SSSR count). The monoisotopic (exact) mass is 208 g/mol. The lowest BCUT2D eigenvalue weighted by atomic mass is 9.80. The molecule has 0 saturated carbocycles. The van der Waals surface area contributed by atoms with E-state index in [4.69, 9.17) is 6.57 Å². The van der Waals surface area contributed by atoms with Gasteiger partial charge in [0, 0.05) is 18.5 Å². The number of hydrogen-bond donors (Lipinski definition) is 0. The molecule has 1 saturated heterocycles. The third-order valence-electron chi connectivity index (χ3n) is 3.51. The molecule has 0 aromatic carbocycles. The highest BCUT2D eigenvalue weighted by Gasteiger charge is 2.45. The van der Waals surface area contributed by atoms with Crippen LogP contribution in [0.1, 0.15) is 48.0 Å². The molecular weight excluding hydrogens is 184 g/mol. The van der Waals surface area contributed by atoms with Crippen molar-refractivity contribution in [2.75, 3.05) is 6.54 Å². The Kier molecular flexibility index (Phi) is 3.16. The quantitative estimate of drug-likeness (QED) is 0.554. The van der Waals surface area contributed by atoms with Crippen LogP contribution >= 0.6 is 0 Å². The minimum absolute atomic E-state index is 0.0919. The highest BCUT2D eigenvalue weighted by Crippen LogP contribution is 2.39. The fourth-order valence-electron chi connectivity index (χ4n) is 2.29. The summed E-state index contributed by atoms with van der Waals surface area (Å²) < 4.78 is 0. The number of rotatable bonds is 0. The Hall–Kier alpha value is -0.550. The van der Waals surface area contributed by atoms with Crippen LogP contribution in [0.4, 0.5) is 0 Å². The van der Waals surface area contributed by atoms with Crippen molar-refractivity contribution in [3.05, 3.63) is 11.4 Å². The maximum Gasteiger partial charge on any atom is 0.280 e. The molecule has 2 atom stereocenters. The van der Waals surface area contributed by atoms with Gasteiger partial charge in [-0.1, -0.05) is 20.8 Å². The molecular formula is C13H24N2. The van der Waals surface area contributed by atoms with E-state index in [-0.39, 0.29) is 11.7 Å². The van der Waals surface area contributed by atoms with Crippen molar-refractivity contribution in [1.82, 2.24) is 4.90 Å². The third-order valence-corrected chi connectivity index (χ3v) is 3.51. The molecule has 0 aromatic rings. The van der Waals surface area contributed by atoms with E-state index in [0.29, 0.717) is 11.3 Å². The molecule has 1 heterocycles. The predicted molar refractivity (Wildman–Crippen MR) is 64.4 cm³/mol. The van der Waals surface area contributed by atoms with E-state index in [1.807, 2.05) is 0 Å². The Labute approximate surface area is 94.5 Å². The van der Waals surface area contributed by atoms with E-state index < -0.39 is 0 Å². The highest BCUT2D eigenvalue weighted by atomic mass is 15.3. The van der Waals surface area contributed by atoms with Crippen LogP contribution < -0.4 is 0 Å². The van der Waals surface area contributed by atoms with Gasteiger partial charge in [0.05, 0.1) is 0 Å². The molecule has 86 valence electrons. The Balaban J connectivity index is 2.82. The Bertz CT molecular complexity index is 262. The zero-order valence-electron chi connectivity index (χ0n) is 11.0. The molecule has 2 heteroatoms. The van der Waals surface area contributed by atoms with Crippen LogP contribution in [0.5, 0.6) is 0 Å². The molecule has 0 spiro atoms. The fraction of sp³-hybridized carbons (Fsp3) is 0.923. The summed E-state index contributed by atoms with van der Waals surface area (Å²) in [6.45, 7) is 21.8. The van der Waals surface area contributed by atoms with Crippen molar-refractivity contribution >= 4 is 0 Å². The minimum Gasteiger partial charge on any atom is -0.296 e. The summed E-state index contributed by atoms with van der Waals surface area (Å²) in [5, 5.41) is 0. The van der Waals surface area contributed by atoms with Crippen LogP contribution in [0.3, 0.4) is 0 Å². The van der Waals surface area contributed by atoms with Gasteiger partial charge in [0.15, 0.2) is 0 Å². The Morgan fingerprint density at radius 1 is 1.13 bits per heavy atom. The van der Waals surface area contributed by atoms with E-state index >= 15 is 0 Å². The maximum absolute atomic E-state index is 7.29. The lowest BCUT2D eigenvalue weighted by Crippen LogP contribution is -2.43. The summed E-state index contributed by atoms with van der Waals surface area (Å²) in [6, 6.07) is 0. The predicted octanol–water partition coefficient (Wildman–Crippen LogP) is 3.40. The zero-order chi connectivity index (χ0) is 11.9. The highest BCUT2D eigenvalue weighted by molar-refractivity contribution is 4.98. The van der Waals surface area contributed by atoms with E-state index in [1.165, 1.54) is 0 Å². The van der Waals surface area contributed by atoms with Crippen LogP contribution in [-0.4, -0.2) is 23.1 Å². The van der Waals surface area contributed by atoms with Gasteiger partial charge in [-0.2, -0.15) is 0 Å². The first kappa shape index (κ1) is 12.5. The van der Waals surface area contributed by atoms with Crippen molar-refractivity contribution in [3.8, 4) is 0 Å². The largest absolute Gasteiger partial charge is 0.296 e. The second-order valence-corrected chi connectivity index (χ2v) is 6.73. The van der Waals surface area contributed by atoms with E-state index in [2.05, 4.69) is 51.3 Å². The van der Waals surface area contributed by atoms with E-state index in [9.17, 15) is 0 Å². The van der Waals surface area contributed by atoms with Crippen LogP contribution in [0.25, 0.3) is 4.85 Å². The Morgan fingerprint density at radius 3 is 1.93 bits per heavy atom. The number of hydrogen-bond acceptors (Lipinski definition) is 1. The first-order valence-electron chi connectivity index (χ1n) is 5.79. The summed E-state index contributed by atoms with van der Waals surface area (Å²) in [4.78, 5) is 6.13. The van der Waals surface area contributed by atoms with Crippen LogP contribution in [0.15, 0.2) is 0 Å². The topological polar surface area (TPSA) is 7.60 Å². The van der Waals surface area contributed by atoms with E-state index in [0.717, 1.165) is 13.0 Å². The van der Waals surface area contributed by atoms with Gasteiger partial charge < -0.3 is 0 Å². The van der Waals surface area contributed by atoms with Crippen molar-refractivity contribution in [2.24, 2.45) is 11.3 Å². The summed E-state index contributed by atoms with van der Waals surface area (Å²) in [5.74, 6) is 0.649. The molecule has 1 fully saturated rings. The van der Waals surface area contributed by atoms with Gasteiger partial charge in [-0.15, -0.1) is 0 Å². The van der Waals surface area contributed by atoms with Crippen molar-refractivity contribution in [3.63, 3.8) is 0 Å². The summed E-state index contributed by atoms with van der Waals surface area (Å²) in [5.41, 5.74) is 0.443. The van der Waals surface area contributed by atoms with Gasteiger partial charge in [-0.05, 0) is 32.1 Å². The van der Waals surface area contributed by atoms with Gasteiger partial charge in [-0.25, -0.2) is 11.5 Å². The van der Waals surface area contributed by atoms with Crippen LogP contribution in [0.2, 0.25) is 0 Å². The molecule has 1 aliphatic heterocycles. The second kappa shape index (κ2) is 3.79. The van der Waals surface area contributed by atoms with Crippen molar-refractivity contribution in [2.45, 2.75) is 59.7 Å². The van der Waals surface area contributed by atoms with Crippen molar-refractivity contribution < 1.29 is 0 Å². The van der Waals surface area contributed by atoms with Crippen LogP contribution in [-0.2, 0) is 0 Å². The lowest BCUT2D eigenvalue weighted by Gasteiger charge is -2.32. The molecule has 1 aliphatic rings. The van der Waals surface area contributed by atoms with Gasteiger partial charge in [0.2, 0.25) is 0 Å². The summed E-state index contributed by atoms with van der Waals surface area (Å²) >= 11 is 0. The normalized spacial score (nSPS) is 29.1. The molecule has 0 bridgehead atoms. The molecule has 0 aromatic heterocycles. The first-order valence-corrected chi connectivity index (χ1v) is 5.79. The van der Waals surface area contributed by atoms with Gasteiger partial charge in [0.25, 0.3) is 6.17 Å². The molecule has 15 heavy (non-hydrogen) atoms. The second-order valence-electron chi connectivity index (χ2n) is 6.73. The lowest BCUT2D eigenvalue weighted by molar-refractivity contribution is 0.127. The maximum atomic E-state index is 7.29. The third kappa shape index (κ3) is 2.72. The average molecular weight is 208 g/mol. The summed E-state index contributed by atoms with van der Waals surface area (Å²) in [6.07, 6.45) is 1.12. The van der Waals surface area contributed by atoms with Gasteiger partial charge in [-0.3, -0.25) is 4.85 Å². The molecule has 2 nitrogen and oxygen atoms in total. The molecule has 0 N–H and O–H groups in total. The number of nitrogens with zero attached hydrogens (tertiary/aromatic N) is 2. The molecule has 0 radical (unpaired) electrons. The zero-order valence-corrected chi connectivity index (χ0v) is 11.0. The number of likely N-dealkylation sites (tertiary alicyclic amines) is 1. The average Bonchev–Trinajstić information content (AvgIpc) is 2.44. The SMILES string of the molecule is [C-]#[N+]C1CC(C(C)(C)C)CN1C(C)(C)C. The Morgan fingerprint density at radius 2 is 1.67 bits per heavy atom. The van der Waals surface area contributed by atoms with E-state index in [1.54, 1.807) is 0 Å². The standard InChI is InChI=1S/C13H24N2/c1-12(2,3)10-8-11(14-7)15(9-10)13(4,5)6/h10-11H,8-9H2,1-6H3. The fourth-order valence-corrected chi connectivity index (χ4v) is 2.29.